The van der Waals surface area contributed by atoms with E-state index < -0.39 is 5.54 Å². The second kappa shape index (κ2) is 5.55. The molecule has 0 aromatic carbocycles. The topological polar surface area (TPSA) is 58.7 Å². The SMILES string of the molecule is C=CCN1C(=O)N=C(N)C1(CC(C)C)CC(C)C. The molecule has 1 rings (SSSR count). The molecule has 0 unspecified atom stereocenters. The van der Waals surface area contributed by atoms with Crippen LogP contribution in [-0.2, 0) is 0 Å². The fraction of sp³-hybridized carbons (Fsp3) is 0.714. The number of carbonyl (C=O) groups is 1. The summed E-state index contributed by atoms with van der Waals surface area (Å²) in [7, 11) is 0. The lowest BCUT2D eigenvalue weighted by atomic mass is 9.80. The van der Waals surface area contributed by atoms with Gasteiger partial charge in [0.25, 0.3) is 0 Å². The van der Waals surface area contributed by atoms with Gasteiger partial charge in [0, 0.05) is 6.54 Å². The van der Waals surface area contributed by atoms with Crippen LogP contribution in [0.15, 0.2) is 17.6 Å². The zero-order valence-corrected chi connectivity index (χ0v) is 11.9. The lowest BCUT2D eigenvalue weighted by Crippen LogP contribution is -2.55. The molecular formula is C14H25N3O. The van der Waals surface area contributed by atoms with Crippen LogP contribution in [0.5, 0.6) is 0 Å². The van der Waals surface area contributed by atoms with Crippen molar-refractivity contribution in [2.24, 2.45) is 22.6 Å². The maximum Gasteiger partial charge on any atom is 0.346 e. The molecule has 0 saturated carbocycles. The Morgan fingerprint density at radius 2 is 1.83 bits per heavy atom. The van der Waals surface area contributed by atoms with Crippen LogP contribution in [0.1, 0.15) is 40.5 Å². The molecule has 0 aromatic rings. The standard InChI is InChI=1S/C14H25N3O/c1-6-7-17-13(18)16-12(15)14(17,8-10(2)3)9-11(4)5/h6,10-11H,1,7-9H2,2-5H3,(H2,15,16,18). The van der Waals surface area contributed by atoms with Crippen LogP contribution >= 0.6 is 0 Å². The van der Waals surface area contributed by atoms with E-state index in [1.807, 2.05) is 0 Å². The van der Waals surface area contributed by atoms with Crippen molar-refractivity contribution in [1.82, 2.24) is 4.90 Å². The number of hydrogen-bond donors (Lipinski definition) is 1. The summed E-state index contributed by atoms with van der Waals surface area (Å²) in [5.74, 6) is 1.38. The molecule has 1 aliphatic rings. The summed E-state index contributed by atoms with van der Waals surface area (Å²) in [6.45, 7) is 12.8. The molecule has 2 N–H and O–H groups in total. The largest absolute Gasteiger partial charge is 0.385 e. The number of rotatable bonds is 6. The van der Waals surface area contributed by atoms with Gasteiger partial charge < -0.3 is 10.6 Å². The summed E-state index contributed by atoms with van der Waals surface area (Å²) in [4.78, 5) is 17.7. The van der Waals surface area contributed by atoms with Crippen LogP contribution < -0.4 is 5.73 Å². The first-order valence-electron chi connectivity index (χ1n) is 6.60. The molecule has 0 spiro atoms. The molecule has 18 heavy (non-hydrogen) atoms. The zero-order valence-electron chi connectivity index (χ0n) is 11.9. The summed E-state index contributed by atoms with van der Waals surface area (Å²) in [6.07, 6.45) is 3.43. The normalized spacial score (nSPS) is 18.7. The van der Waals surface area contributed by atoms with Crippen LogP contribution in [0.4, 0.5) is 4.79 Å². The smallest absolute Gasteiger partial charge is 0.346 e. The first-order chi connectivity index (χ1) is 8.33. The van der Waals surface area contributed by atoms with Crippen LogP contribution in [0, 0.1) is 11.8 Å². The third-order valence-corrected chi connectivity index (χ3v) is 3.24. The van der Waals surface area contributed by atoms with Crippen molar-refractivity contribution in [2.45, 2.75) is 46.1 Å². The van der Waals surface area contributed by atoms with Crippen molar-refractivity contribution in [1.29, 1.82) is 0 Å². The second-order valence-electron chi connectivity index (χ2n) is 5.91. The van der Waals surface area contributed by atoms with Crippen molar-refractivity contribution < 1.29 is 4.79 Å². The molecule has 4 nitrogen and oxygen atoms in total. The summed E-state index contributed by atoms with van der Waals surface area (Å²) < 4.78 is 0. The molecule has 1 heterocycles. The van der Waals surface area contributed by atoms with Crippen LogP contribution in [0.2, 0.25) is 0 Å². The lowest BCUT2D eigenvalue weighted by molar-refractivity contribution is 0.149. The van der Waals surface area contributed by atoms with E-state index in [1.165, 1.54) is 0 Å². The molecule has 0 atom stereocenters. The Bertz CT molecular complexity index is 348. The lowest BCUT2D eigenvalue weighted by Gasteiger charge is -2.40. The van der Waals surface area contributed by atoms with E-state index in [0.717, 1.165) is 12.8 Å². The second-order valence-corrected chi connectivity index (χ2v) is 5.91. The van der Waals surface area contributed by atoms with E-state index >= 15 is 0 Å². The fourth-order valence-electron chi connectivity index (χ4n) is 2.83. The number of hydrogen-bond acceptors (Lipinski definition) is 2. The third kappa shape index (κ3) is 2.74. The molecule has 2 amide bonds. The zero-order chi connectivity index (χ0) is 13.9. The van der Waals surface area contributed by atoms with Crippen molar-refractivity contribution in [3.8, 4) is 0 Å². The van der Waals surface area contributed by atoms with E-state index in [4.69, 9.17) is 5.73 Å². The molecule has 0 bridgehead atoms. The summed E-state index contributed by atoms with van der Waals surface area (Å²) in [6, 6.07) is -0.228. The number of nitrogens with two attached hydrogens (primary N) is 1. The highest BCUT2D eigenvalue weighted by molar-refractivity contribution is 6.05. The van der Waals surface area contributed by atoms with Gasteiger partial charge >= 0.3 is 6.03 Å². The average Bonchev–Trinajstić information content (AvgIpc) is 2.41. The van der Waals surface area contributed by atoms with Crippen LogP contribution in [0.25, 0.3) is 0 Å². The first kappa shape index (κ1) is 14.7. The van der Waals surface area contributed by atoms with Gasteiger partial charge in [0.2, 0.25) is 0 Å². The van der Waals surface area contributed by atoms with E-state index in [9.17, 15) is 4.79 Å². The monoisotopic (exact) mass is 251 g/mol. The molecule has 0 radical (unpaired) electrons. The highest BCUT2D eigenvalue weighted by Gasteiger charge is 2.48. The van der Waals surface area contributed by atoms with Gasteiger partial charge in [0.05, 0.1) is 0 Å². The number of aliphatic imine (C=N–C) groups is 1. The summed E-state index contributed by atoms with van der Waals surface area (Å²) >= 11 is 0. The van der Waals surface area contributed by atoms with Gasteiger partial charge in [0.15, 0.2) is 0 Å². The van der Waals surface area contributed by atoms with Gasteiger partial charge in [-0.1, -0.05) is 33.8 Å². The molecule has 0 fully saturated rings. The predicted octanol–water partition coefficient (Wildman–Crippen LogP) is 2.80. The third-order valence-electron chi connectivity index (χ3n) is 3.24. The Morgan fingerprint density at radius 1 is 1.33 bits per heavy atom. The fourth-order valence-corrected chi connectivity index (χ4v) is 2.83. The van der Waals surface area contributed by atoms with E-state index in [2.05, 4.69) is 39.3 Å². The predicted molar refractivity (Wildman–Crippen MR) is 75.6 cm³/mol. The number of nitrogens with zero attached hydrogens (tertiary/aromatic N) is 2. The van der Waals surface area contributed by atoms with Gasteiger partial charge in [-0.2, -0.15) is 4.99 Å². The Hall–Kier alpha value is -1.32. The minimum Gasteiger partial charge on any atom is -0.385 e. The van der Waals surface area contributed by atoms with Crippen LogP contribution in [0.3, 0.4) is 0 Å². The Balaban J connectivity index is 3.14. The van der Waals surface area contributed by atoms with E-state index in [1.54, 1.807) is 11.0 Å². The van der Waals surface area contributed by atoms with Gasteiger partial charge in [-0.3, -0.25) is 0 Å². The quantitative estimate of drug-likeness (QED) is 0.738. The highest BCUT2D eigenvalue weighted by atomic mass is 16.2. The van der Waals surface area contributed by atoms with Crippen LogP contribution in [-0.4, -0.2) is 28.9 Å². The Labute approximate surface area is 110 Å². The molecule has 0 saturated heterocycles. The Kier molecular flexibility index (Phi) is 4.54. The molecule has 4 heteroatoms. The van der Waals surface area contributed by atoms with Crippen molar-refractivity contribution in [3.05, 3.63) is 12.7 Å². The highest BCUT2D eigenvalue weighted by Crippen LogP contribution is 2.35. The average molecular weight is 251 g/mol. The van der Waals surface area contributed by atoms with Crippen molar-refractivity contribution in [2.75, 3.05) is 6.54 Å². The maximum absolute atomic E-state index is 12.0. The molecule has 0 aromatic heterocycles. The van der Waals surface area contributed by atoms with E-state index in [-0.39, 0.29) is 6.03 Å². The number of amides is 2. The minimum atomic E-state index is -0.423. The summed E-state index contributed by atoms with van der Waals surface area (Å²) in [5, 5.41) is 0. The first-order valence-corrected chi connectivity index (χ1v) is 6.60. The number of urea groups is 1. The van der Waals surface area contributed by atoms with Gasteiger partial charge in [-0.25, -0.2) is 4.79 Å². The minimum absolute atomic E-state index is 0.228. The molecular weight excluding hydrogens is 226 g/mol. The number of carbonyl (C=O) groups excluding carboxylic acids is 1. The van der Waals surface area contributed by atoms with Gasteiger partial charge in [-0.15, -0.1) is 6.58 Å². The number of amidine groups is 1. The molecule has 0 aliphatic carbocycles. The van der Waals surface area contributed by atoms with Gasteiger partial charge in [-0.05, 0) is 24.7 Å². The van der Waals surface area contributed by atoms with Crippen molar-refractivity contribution >= 4 is 11.9 Å². The molecule has 1 aliphatic heterocycles. The van der Waals surface area contributed by atoms with Crippen molar-refractivity contribution in [3.63, 3.8) is 0 Å². The molecule has 102 valence electrons. The maximum atomic E-state index is 12.0. The summed E-state index contributed by atoms with van der Waals surface area (Å²) in [5.41, 5.74) is 5.65. The van der Waals surface area contributed by atoms with Gasteiger partial charge in [0.1, 0.15) is 11.4 Å². The Morgan fingerprint density at radius 3 is 2.22 bits per heavy atom. The van der Waals surface area contributed by atoms with E-state index in [0.29, 0.717) is 24.2 Å².